The standard InChI is InChI=1S/C6H13N2O4P.Li/c1-3-12-13(10,11)8-5-4-7(2)6(8)9;/h3-5H2,1-2H3,(H,10,11);/q;+1/p-1. The maximum atomic E-state index is 11.3. The van der Waals surface area contributed by atoms with Crippen LogP contribution in [0.1, 0.15) is 6.92 Å². The first-order valence-electron chi connectivity index (χ1n) is 3.97. The number of carbonyl (C=O) groups excluding carboxylic acids is 1. The van der Waals surface area contributed by atoms with E-state index in [2.05, 4.69) is 4.52 Å². The predicted octanol–water partition coefficient (Wildman–Crippen LogP) is -3.14. The van der Waals surface area contributed by atoms with Gasteiger partial charge in [-0.1, -0.05) is 0 Å². The van der Waals surface area contributed by atoms with Crippen LogP contribution in [-0.2, 0) is 9.09 Å². The third-order valence-electron chi connectivity index (χ3n) is 1.78. The molecule has 0 aromatic rings. The van der Waals surface area contributed by atoms with Gasteiger partial charge in [0.15, 0.2) is 0 Å². The molecule has 1 aliphatic rings. The van der Waals surface area contributed by atoms with Gasteiger partial charge in [-0.3, -0.25) is 9.24 Å². The second-order valence-corrected chi connectivity index (χ2v) is 4.39. The van der Waals surface area contributed by atoms with E-state index in [9.17, 15) is 14.3 Å². The number of likely N-dealkylation sites (N-methyl/N-ethyl adjacent to an activating group) is 1. The van der Waals surface area contributed by atoms with Crippen molar-refractivity contribution in [3.05, 3.63) is 0 Å². The molecule has 6 nitrogen and oxygen atoms in total. The van der Waals surface area contributed by atoms with Crippen molar-refractivity contribution in [3.63, 3.8) is 0 Å². The van der Waals surface area contributed by atoms with E-state index in [-0.39, 0.29) is 32.0 Å². The summed E-state index contributed by atoms with van der Waals surface area (Å²) < 4.78 is 16.5. The third-order valence-corrected chi connectivity index (χ3v) is 3.33. The summed E-state index contributed by atoms with van der Waals surface area (Å²) in [6, 6.07) is -0.521. The van der Waals surface area contributed by atoms with Crippen LogP contribution in [0, 0.1) is 0 Å². The summed E-state index contributed by atoms with van der Waals surface area (Å²) in [6.07, 6.45) is 0. The van der Waals surface area contributed by atoms with Crippen LogP contribution >= 0.6 is 7.75 Å². The van der Waals surface area contributed by atoms with Crippen molar-refractivity contribution in [1.82, 2.24) is 9.57 Å². The van der Waals surface area contributed by atoms with Crippen molar-refractivity contribution < 1.29 is 37.6 Å². The number of amides is 2. The molecule has 1 rings (SSSR count). The average molecular weight is 214 g/mol. The second kappa shape index (κ2) is 5.20. The van der Waals surface area contributed by atoms with Crippen LogP contribution in [0.15, 0.2) is 0 Å². The molecular formula is C6H12LiN2O4P. The predicted molar refractivity (Wildman–Crippen MR) is 44.0 cm³/mol. The normalized spacial score (nSPS) is 20.6. The van der Waals surface area contributed by atoms with Crippen LogP contribution in [0.4, 0.5) is 4.79 Å². The SMILES string of the molecule is CCOP(=O)([O-])N1CCN(C)C1=O.[Li+]. The maximum absolute atomic E-state index is 11.3. The quantitative estimate of drug-likeness (QED) is 0.367. The van der Waals surface area contributed by atoms with Gasteiger partial charge in [0.2, 0.25) is 7.75 Å². The fraction of sp³-hybridized carbons (Fsp3) is 0.833. The summed E-state index contributed by atoms with van der Waals surface area (Å²) in [7, 11) is -2.59. The van der Waals surface area contributed by atoms with Crippen molar-refractivity contribution >= 4 is 13.8 Å². The zero-order valence-corrected chi connectivity index (χ0v) is 9.49. The van der Waals surface area contributed by atoms with Crippen molar-refractivity contribution in [2.75, 3.05) is 26.7 Å². The summed E-state index contributed by atoms with van der Waals surface area (Å²) in [5, 5.41) is 0. The van der Waals surface area contributed by atoms with E-state index in [1.165, 1.54) is 4.90 Å². The van der Waals surface area contributed by atoms with Crippen LogP contribution in [0.5, 0.6) is 0 Å². The summed E-state index contributed by atoms with van der Waals surface area (Å²) in [5.74, 6) is 0. The molecule has 76 valence electrons. The zero-order valence-electron chi connectivity index (χ0n) is 8.60. The van der Waals surface area contributed by atoms with Gasteiger partial charge in [-0.15, -0.1) is 0 Å². The average Bonchev–Trinajstić information content (AvgIpc) is 2.33. The van der Waals surface area contributed by atoms with Gasteiger partial charge in [-0.05, 0) is 6.92 Å². The molecule has 0 saturated carbocycles. The molecular weight excluding hydrogens is 202 g/mol. The van der Waals surface area contributed by atoms with E-state index < -0.39 is 13.8 Å². The zero-order chi connectivity index (χ0) is 10.1. The van der Waals surface area contributed by atoms with Crippen molar-refractivity contribution in [2.24, 2.45) is 0 Å². The first-order valence-corrected chi connectivity index (χ1v) is 5.47. The Morgan fingerprint density at radius 2 is 2.14 bits per heavy atom. The molecule has 8 heteroatoms. The van der Waals surface area contributed by atoms with Crippen molar-refractivity contribution in [2.45, 2.75) is 6.92 Å². The number of urea groups is 1. The fourth-order valence-electron chi connectivity index (χ4n) is 1.09. The molecule has 1 heterocycles. The van der Waals surface area contributed by atoms with E-state index in [0.717, 1.165) is 4.67 Å². The number of hydrogen-bond acceptors (Lipinski definition) is 4. The van der Waals surface area contributed by atoms with E-state index in [4.69, 9.17) is 0 Å². The minimum Gasteiger partial charge on any atom is -0.761 e. The number of hydrogen-bond donors (Lipinski definition) is 0. The molecule has 0 spiro atoms. The van der Waals surface area contributed by atoms with Gasteiger partial charge in [0.25, 0.3) is 0 Å². The van der Waals surface area contributed by atoms with Crippen molar-refractivity contribution in [3.8, 4) is 0 Å². The third kappa shape index (κ3) is 2.75. The molecule has 2 amide bonds. The Hall–Kier alpha value is 0.0174. The Balaban J connectivity index is 0.00000169. The Labute approximate surface area is 95.0 Å². The molecule has 0 N–H and O–H groups in total. The summed E-state index contributed by atoms with van der Waals surface area (Å²) in [5.41, 5.74) is 0. The van der Waals surface area contributed by atoms with Gasteiger partial charge in [0.05, 0.1) is 6.61 Å². The van der Waals surface area contributed by atoms with E-state index >= 15 is 0 Å². The van der Waals surface area contributed by atoms with Crippen LogP contribution in [0.3, 0.4) is 0 Å². The van der Waals surface area contributed by atoms with E-state index in [1.54, 1.807) is 14.0 Å². The molecule has 0 aromatic heterocycles. The number of carbonyl (C=O) groups is 1. The second-order valence-electron chi connectivity index (χ2n) is 2.71. The largest absolute Gasteiger partial charge is 1.00 e. The van der Waals surface area contributed by atoms with Gasteiger partial charge in [0.1, 0.15) is 0 Å². The molecule has 0 bridgehead atoms. The van der Waals surface area contributed by atoms with Crippen LogP contribution < -0.4 is 23.8 Å². The number of rotatable bonds is 3. The van der Waals surface area contributed by atoms with Gasteiger partial charge >= 0.3 is 24.9 Å². The van der Waals surface area contributed by atoms with Crippen LogP contribution in [0.2, 0.25) is 0 Å². The minimum atomic E-state index is -4.14. The molecule has 0 aromatic carbocycles. The first-order chi connectivity index (χ1) is 5.99. The molecule has 14 heavy (non-hydrogen) atoms. The number of nitrogens with zero attached hydrogens (tertiary/aromatic N) is 2. The Morgan fingerprint density at radius 1 is 1.57 bits per heavy atom. The monoisotopic (exact) mass is 214 g/mol. The maximum Gasteiger partial charge on any atom is 1.00 e. The van der Waals surface area contributed by atoms with Gasteiger partial charge in [-0.2, -0.15) is 0 Å². The summed E-state index contributed by atoms with van der Waals surface area (Å²) in [6.45, 7) is 2.21. The molecule has 1 unspecified atom stereocenters. The van der Waals surface area contributed by atoms with Crippen LogP contribution in [0.25, 0.3) is 0 Å². The first kappa shape index (κ1) is 14.0. The van der Waals surface area contributed by atoms with E-state index in [0.29, 0.717) is 6.54 Å². The fourth-order valence-corrected chi connectivity index (χ4v) is 2.26. The molecule has 1 fully saturated rings. The van der Waals surface area contributed by atoms with Crippen molar-refractivity contribution in [1.29, 1.82) is 0 Å². The minimum absolute atomic E-state index is 0. The molecule has 1 atom stereocenters. The topological polar surface area (TPSA) is 72.9 Å². The molecule has 1 saturated heterocycles. The smallest absolute Gasteiger partial charge is 0.761 e. The van der Waals surface area contributed by atoms with Gasteiger partial charge in [-0.25, -0.2) is 4.79 Å². The molecule has 0 aliphatic carbocycles. The van der Waals surface area contributed by atoms with Gasteiger partial charge in [0, 0.05) is 20.1 Å². The molecule has 1 aliphatic heterocycles. The Morgan fingerprint density at radius 3 is 2.50 bits per heavy atom. The molecule has 0 radical (unpaired) electrons. The van der Waals surface area contributed by atoms with Crippen LogP contribution in [-0.4, -0.2) is 42.3 Å². The summed E-state index contributed by atoms with van der Waals surface area (Å²) in [4.78, 5) is 23.8. The summed E-state index contributed by atoms with van der Waals surface area (Å²) >= 11 is 0. The Kier molecular flexibility index (Phi) is 5.20. The van der Waals surface area contributed by atoms with Gasteiger partial charge < -0.3 is 14.3 Å². The Bertz CT molecular complexity index is 262. The van der Waals surface area contributed by atoms with E-state index in [1.807, 2.05) is 0 Å².